The van der Waals surface area contributed by atoms with Gasteiger partial charge in [-0.1, -0.05) is 72.3 Å². The first-order valence-electron chi connectivity index (χ1n) is 11.3. The van der Waals surface area contributed by atoms with Gasteiger partial charge in [0.1, 0.15) is 13.2 Å². The van der Waals surface area contributed by atoms with Gasteiger partial charge in [-0.3, -0.25) is 4.79 Å². The van der Waals surface area contributed by atoms with Crippen molar-refractivity contribution in [3.63, 3.8) is 0 Å². The summed E-state index contributed by atoms with van der Waals surface area (Å²) in [6.07, 6.45) is 0.0485. The van der Waals surface area contributed by atoms with Gasteiger partial charge in [0.25, 0.3) is 0 Å². The van der Waals surface area contributed by atoms with Crippen molar-refractivity contribution in [3.05, 3.63) is 106 Å². The van der Waals surface area contributed by atoms with Crippen LogP contribution in [0.5, 0.6) is 0 Å². The van der Waals surface area contributed by atoms with E-state index >= 15 is 0 Å². The average Bonchev–Trinajstić information content (AvgIpc) is 3.19. The smallest absolute Gasteiger partial charge is 0.416 e. The zero-order valence-corrected chi connectivity index (χ0v) is 19.3. The monoisotopic (exact) mass is 457 g/mol. The first-order chi connectivity index (χ1) is 16.4. The largest absolute Gasteiger partial charge is 0.457 e. The quantitative estimate of drug-likeness (QED) is 0.477. The van der Waals surface area contributed by atoms with Crippen LogP contribution in [0.25, 0.3) is 0 Å². The van der Waals surface area contributed by atoms with Crippen LogP contribution in [0.15, 0.2) is 72.8 Å². The van der Waals surface area contributed by atoms with Crippen LogP contribution in [0, 0.1) is 13.8 Å². The standard InChI is InChI=1S/C28H27NO5/c1-19-8-13-25(20(2)14-19)27(31)33-17-23-11-9-22(10-12-23)16-26(30)29-24(18-34-28(29)32)15-21-6-4-3-5-7-21/h3-14,24H,15-18H2,1-2H3. The molecule has 6 heteroatoms. The number of carbonyl (C=O) groups excluding carboxylic acids is 3. The minimum atomic E-state index is -0.596. The average molecular weight is 458 g/mol. The lowest BCUT2D eigenvalue weighted by Gasteiger charge is -2.19. The maximum atomic E-state index is 12.9. The van der Waals surface area contributed by atoms with Gasteiger partial charge >= 0.3 is 12.1 Å². The summed E-state index contributed by atoms with van der Waals surface area (Å²) in [5, 5.41) is 0. The molecule has 1 atom stereocenters. The van der Waals surface area contributed by atoms with Crippen LogP contribution >= 0.6 is 0 Å². The third-order valence-electron chi connectivity index (χ3n) is 5.89. The molecule has 0 spiro atoms. The SMILES string of the molecule is Cc1ccc(C(=O)OCc2ccc(CC(=O)N3C(=O)OCC3Cc3ccccc3)cc2)c(C)c1. The Morgan fingerprint density at radius 2 is 1.65 bits per heavy atom. The predicted octanol–water partition coefficient (Wildman–Crippen LogP) is 4.79. The van der Waals surface area contributed by atoms with Crippen molar-refractivity contribution >= 4 is 18.0 Å². The molecule has 1 saturated heterocycles. The molecule has 4 rings (SSSR count). The summed E-state index contributed by atoms with van der Waals surface area (Å²) in [6.45, 7) is 4.20. The van der Waals surface area contributed by atoms with Gasteiger partial charge in [-0.2, -0.15) is 0 Å². The highest BCUT2D eigenvalue weighted by molar-refractivity contribution is 5.94. The van der Waals surface area contributed by atoms with Crippen LogP contribution in [0.2, 0.25) is 0 Å². The Labute approximate surface area is 199 Å². The molecule has 1 aliphatic rings. The van der Waals surface area contributed by atoms with Crippen LogP contribution in [0.4, 0.5) is 4.79 Å². The number of amides is 2. The molecule has 0 aromatic heterocycles. The number of imide groups is 1. The predicted molar refractivity (Wildman–Crippen MR) is 127 cm³/mol. The number of hydrogen-bond acceptors (Lipinski definition) is 5. The Bertz CT molecular complexity index is 1190. The summed E-state index contributed by atoms with van der Waals surface area (Å²) < 4.78 is 10.6. The van der Waals surface area contributed by atoms with Crippen LogP contribution < -0.4 is 0 Å². The van der Waals surface area contributed by atoms with Gasteiger partial charge in [0.05, 0.1) is 18.0 Å². The summed E-state index contributed by atoms with van der Waals surface area (Å²) in [5.41, 5.74) is 5.15. The van der Waals surface area contributed by atoms with Gasteiger partial charge in [0, 0.05) is 0 Å². The van der Waals surface area contributed by atoms with Gasteiger partial charge in [-0.15, -0.1) is 0 Å². The summed E-state index contributed by atoms with van der Waals surface area (Å²) >= 11 is 0. The van der Waals surface area contributed by atoms with Crippen molar-refractivity contribution in [2.75, 3.05) is 6.61 Å². The molecule has 0 N–H and O–H groups in total. The maximum Gasteiger partial charge on any atom is 0.416 e. The molecular formula is C28H27NO5. The molecule has 3 aromatic carbocycles. The van der Waals surface area contributed by atoms with Crippen molar-refractivity contribution in [1.29, 1.82) is 0 Å². The van der Waals surface area contributed by atoms with Crippen LogP contribution in [-0.2, 0) is 33.7 Å². The molecule has 0 bridgehead atoms. The zero-order valence-electron chi connectivity index (χ0n) is 19.3. The Balaban J connectivity index is 1.34. The normalized spacial score (nSPS) is 15.2. The lowest BCUT2D eigenvalue weighted by molar-refractivity contribution is -0.128. The van der Waals surface area contributed by atoms with Crippen molar-refractivity contribution in [1.82, 2.24) is 4.90 Å². The molecule has 2 amide bonds. The third kappa shape index (κ3) is 5.52. The molecule has 0 aliphatic carbocycles. The van der Waals surface area contributed by atoms with Gasteiger partial charge in [0.15, 0.2) is 0 Å². The van der Waals surface area contributed by atoms with E-state index in [4.69, 9.17) is 9.47 Å². The van der Waals surface area contributed by atoms with Crippen molar-refractivity contribution < 1.29 is 23.9 Å². The van der Waals surface area contributed by atoms with Crippen molar-refractivity contribution in [3.8, 4) is 0 Å². The summed E-state index contributed by atoms with van der Waals surface area (Å²) in [4.78, 5) is 38.7. The number of rotatable bonds is 7. The summed E-state index contributed by atoms with van der Waals surface area (Å²) in [6, 6.07) is 22.3. The molecule has 34 heavy (non-hydrogen) atoms. The first kappa shape index (κ1) is 23.2. The van der Waals surface area contributed by atoms with E-state index in [1.54, 1.807) is 6.07 Å². The number of benzene rings is 3. The fraction of sp³-hybridized carbons (Fsp3) is 0.250. The van der Waals surface area contributed by atoms with E-state index in [0.717, 1.165) is 27.8 Å². The fourth-order valence-electron chi connectivity index (χ4n) is 4.08. The van der Waals surface area contributed by atoms with E-state index in [-0.39, 0.29) is 37.6 Å². The highest BCUT2D eigenvalue weighted by Gasteiger charge is 2.37. The lowest BCUT2D eigenvalue weighted by Crippen LogP contribution is -2.41. The molecule has 174 valence electrons. The van der Waals surface area contributed by atoms with Crippen LogP contribution in [0.3, 0.4) is 0 Å². The fourth-order valence-corrected chi connectivity index (χ4v) is 4.08. The molecule has 1 aliphatic heterocycles. The molecule has 1 fully saturated rings. The lowest BCUT2D eigenvalue weighted by atomic mass is 10.0. The zero-order chi connectivity index (χ0) is 24.1. The Hall–Kier alpha value is -3.93. The van der Waals surface area contributed by atoms with E-state index in [1.165, 1.54) is 4.90 Å². The molecule has 6 nitrogen and oxygen atoms in total. The molecular weight excluding hydrogens is 430 g/mol. The molecule has 3 aromatic rings. The number of ether oxygens (including phenoxy) is 2. The van der Waals surface area contributed by atoms with Crippen molar-refractivity contribution in [2.45, 2.75) is 39.3 Å². The number of hydrogen-bond donors (Lipinski definition) is 0. The minimum absolute atomic E-state index is 0.0863. The Kier molecular flexibility index (Phi) is 7.07. The summed E-state index contributed by atoms with van der Waals surface area (Å²) in [7, 11) is 0. The molecule has 0 radical (unpaired) electrons. The van der Waals surface area contributed by atoms with E-state index in [9.17, 15) is 14.4 Å². The maximum absolute atomic E-state index is 12.9. The van der Waals surface area contributed by atoms with Crippen molar-refractivity contribution in [2.24, 2.45) is 0 Å². The number of cyclic esters (lactones) is 1. The van der Waals surface area contributed by atoms with E-state index in [2.05, 4.69) is 0 Å². The van der Waals surface area contributed by atoms with Crippen LogP contribution in [0.1, 0.15) is 38.2 Å². The molecule has 0 saturated carbocycles. The number of carbonyl (C=O) groups is 3. The second-order valence-electron chi connectivity index (χ2n) is 8.57. The molecule has 1 heterocycles. The second kappa shape index (κ2) is 10.3. The van der Waals surface area contributed by atoms with E-state index in [0.29, 0.717) is 12.0 Å². The van der Waals surface area contributed by atoms with Gasteiger partial charge < -0.3 is 9.47 Å². The topological polar surface area (TPSA) is 72.9 Å². The van der Waals surface area contributed by atoms with Gasteiger partial charge in [-0.05, 0) is 48.6 Å². The Morgan fingerprint density at radius 3 is 2.35 bits per heavy atom. The highest BCUT2D eigenvalue weighted by atomic mass is 16.6. The summed E-state index contributed by atoms with van der Waals surface area (Å²) in [5.74, 6) is -0.661. The van der Waals surface area contributed by atoms with Gasteiger partial charge in [-0.25, -0.2) is 14.5 Å². The number of esters is 1. The first-order valence-corrected chi connectivity index (χ1v) is 11.3. The van der Waals surface area contributed by atoms with E-state index in [1.807, 2.05) is 80.6 Å². The number of aryl methyl sites for hydroxylation is 2. The van der Waals surface area contributed by atoms with E-state index < -0.39 is 6.09 Å². The second-order valence-corrected chi connectivity index (χ2v) is 8.57. The van der Waals surface area contributed by atoms with Crippen LogP contribution in [-0.4, -0.2) is 35.5 Å². The minimum Gasteiger partial charge on any atom is -0.457 e. The number of nitrogens with zero attached hydrogens (tertiary/aromatic N) is 1. The third-order valence-corrected chi connectivity index (χ3v) is 5.89. The Morgan fingerprint density at radius 1 is 0.941 bits per heavy atom. The van der Waals surface area contributed by atoms with Gasteiger partial charge in [0.2, 0.25) is 5.91 Å². The molecule has 1 unspecified atom stereocenters. The highest BCUT2D eigenvalue weighted by Crippen LogP contribution is 2.19.